The number of aromatic amines is 1. The van der Waals surface area contributed by atoms with E-state index in [0.29, 0.717) is 0 Å². The van der Waals surface area contributed by atoms with Crippen LogP contribution in [0.2, 0.25) is 0 Å². The topological polar surface area (TPSA) is 48.9 Å². The molecule has 0 aliphatic heterocycles. The van der Waals surface area contributed by atoms with E-state index in [1.165, 1.54) is 0 Å². The molecule has 0 saturated carbocycles. The summed E-state index contributed by atoms with van der Waals surface area (Å²) < 4.78 is 1.07. The number of H-pyrrole nitrogens is 1. The van der Waals surface area contributed by atoms with E-state index in [0.717, 1.165) is 26.2 Å². The van der Waals surface area contributed by atoms with E-state index in [4.69, 9.17) is 0 Å². The molecular formula is C11H7BrN2OS. The summed E-state index contributed by atoms with van der Waals surface area (Å²) in [6.07, 6.45) is 0. The van der Waals surface area contributed by atoms with Gasteiger partial charge in [0.25, 0.3) is 0 Å². The Bertz CT molecular complexity index is 659. The molecule has 0 unspecified atom stereocenters. The van der Waals surface area contributed by atoms with Crippen LogP contribution < -0.4 is 0 Å². The number of halogens is 1. The number of nitrogens with zero attached hydrogens (tertiary/aromatic N) is 1. The second-order valence-electron chi connectivity index (χ2n) is 3.43. The highest BCUT2D eigenvalue weighted by molar-refractivity contribution is 9.11. The Labute approximate surface area is 104 Å². The number of rotatable bonds is 1. The van der Waals surface area contributed by atoms with Crippen molar-refractivity contribution < 1.29 is 5.11 Å². The molecule has 16 heavy (non-hydrogen) atoms. The Hall–Kier alpha value is -1.33. The molecule has 0 aliphatic carbocycles. The van der Waals surface area contributed by atoms with Gasteiger partial charge in [-0.15, -0.1) is 11.3 Å². The lowest BCUT2D eigenvalue weighted by Gasteiger charge is -1.88. The van der Waals surface area contributed by atoms with Crippen molar-refractivity contribution in [1.82, 2.24) is 9.97 Å². The van der Waals surface area contributed by atoms with E-state index in [9.17, 15) is 5.11 Å². The lowest BCUT2D eigenvalue weighted by atomic mass is 10.3. The zero-order valence-corrected chi connectivity index (χ0v) is 10.5. The molecule has 0 fully saturated rings. The molecule has 2 N–H and O–H groups in total. The van der Waals surface area contributed by atoms with Crippen molar-refractivity contribution in [1.29, 1.82) is 0 Å². The van der Waals surface area contributed by atoms with Crippen molar-refractivity contribution in [3.8, 4) is 17.1 Å². The van der Waals surface area contributed by atoms with Gasteiger partial charge in [-0.25, -0.2) is 4.98 Å². The Morgan fingerprint density at radius 2 is 2.19 bits per heavy atom. The SMILES string of the molecule is Oc1ccc2nc(-c3csc(Br)c3)[nH]c2c1. The number of aromatic nitrogens is 2. The third-order valence-corrected chi connectivity index (χ3v) is 3.81. The molecule has 0 bridgehead atoms. The van der Waals surface area contributed by atoms with Crippen LogP contribution in [0.15, 0.2) is 33.4 Å². The number of nitrogens with one attached hydrogen (secondary N) is 1. The van der Waals surface area contributed by atoms with Gasteiger partial charge in [0.1, 0.15) is 11.6 Å². The molecule has 0 spiro atoms. The van der Waals surface area contributed by atoms with Crippen LogP contribution in [0.5, 0.6) is 5.75 Å². The van der Waals surface area contributed by atoms with Gasteiger partial charge in [-0.05, 0) is 34.1 Å². The third kappa shape index (κ3) is 1.62. The maximum atomic E-state index is 9.36. The average molecular weight is 295 g/mol. The molecule has 5 heteroatoms. The minimum absolute atomic E-state index is 0.245. The summed E-state index contributed by atoms with van der Waals surface area (Å²) in [7, 11) is 0. The van der Waals surface area contributed by atoms with Crippen LogP contribution in [0, 0.1) is 0 Å². The maximum Gasteiger partial charge on any atom is 0.139 e. The largest absolute Gasteiger partial charge is 0.508 e. The molecule has 3 rings (SSSR count). The molecular weight excluding hydrogens is 288 g/mol. The fraction of sp³-hybridized carbons (Fsp3) is 0. The first-order chi connectivity index (χ1) is 7.72. The number of imidazole rings is 1. The minimum atomic E-state index is 0.245. The van der Waals surface area contributed by atoms with E-state index in [2.05, 4.69) is 25.9 Å². The fourth-order valence-corrected chi connectivity index (χ4v) is 2.71. The summed E-state index contributed by atoms with van der Waals surface area (Å²) in [6.45, 7) is 0. The number of benzene rings is 1. The zero-order valence-electron chi connectivity index (χ0n) is 8.07. The van der Waals surface area contributed by atoms with Crippen LogP contribution in [0.3, 0.4) is 0 Å². The fourth-order valence-electron chi connectivity index (χ4n) is 1.57. The van der Waals surface area contributed by atoms with Gasteiger partial charge in [0.15, 0.2) is 0 Å². The first-order valence-electron chi connectivity index (χ1n) is 4.65. The third-order valence-electron chi connectivity index (χ3n) is 2.31. The molecule has 1 aromatic carbocycles. The van der Waals surface area contributed by atoms with Crippen LogP contribution in [0.4, 0.5) is 0 Å². The maximum absolute atomic E-state index is 9.36. The van der Waals surface area contributed by atoms with E-state index in [1.807, 2.05) is 11.4 Å². The summed E-state index contributed by atoms with van der Waals surface area (Å²) in [4.78, 5) is 7.64. The van der Waals surface area contributed by atoms with Crippen molar-refractivity contribution in [3.05, 3.63) is 33.4 Å². The summed E-state index contributed by atoms with van der Waals surface area (Å²) in [6, 6.07) is 7.12. The van der Waals surface area contributed by atoms with Crippen molar-refractivity contribution in [2.24, 2.45) is 0 Å². The lowest BCUT2D eigenvalue weighted by Crippen LogP contribution is -1.74. The highest BCUT2D eigenvalue weighted by atomic mass is 79.9. The standard InChI is InChI=1S/C11H7BrN2OS/c12-10-3-6(5-16-10)11-13-8-2-1-7(15)4-9(8)14-11/h1-5,15H,(H,13,14). The first-order valence-corrected chi connectivity index (χ1v) is 6.33. The number of phenols is 1. The van der Waals surface area contributed by atoms with Gasteiger partial charge in [-0.1, -0.05) is 0 Å². The summed E-state index contributed by atoms with van der Waals surface area (Å²) in [5.41, 5.74) is 2.75. The Morgan fingerprint density at radius 1 is 1.31 bits per heavy atom. The molecule has 0 atom stereocenters. The number of hydrogen-bond acceptors (Lipinski definition) is 3. The average Bonchev–Trinajstić information content (AvgIpc) is 2.83. The molecule has 0 saturated heterocycles. The van der Waals surface area contributed by atoms with Crippen molar-refractivity contribution in [2.45, 2.75) is 0 Å². The molecule has 3 aromatic rings. The quantitative estimate of drug-likeness (QED) is 0.718. The van der Waals surface area contributed by atoms with Gasteiger partial charge in [-0.2, -0.15) is 0 Å². The van der Waals surface area contributed by atoms with E-state index < -0.39 is 0 Å². The highest BCUT2D eigenvalue weighted by Crippen LogP contribution is 2.29. The second kappa shape index (κ2) is 3.61. The van der Waals surface area contributed by atoms with Crippen LogP contribution >= 0.6 is 27.3 Å². The molecule has 0 amide bonds. The molecule has 80 valence electrons. The van der Waals surface area contributed by atoms with Crippen molar-refractivity contribution in [3.63, 3.8) is 0 Å². The number of fused-ring (bicyclic) bond motifs is 1. The smallest absolute Gasteiger partial charge is 0.139 e. The Kier molecular flexibility index (Phi) is 2.22. The van der Waals surface area contributed by atoms with Gasteiger partial charge in [0.05, 0.1) is 14.8 Å². The molecule has 0 radical (unpaired) electrons. The monoisotopic (exact) mass is 294 g/mol. The Morgan fingerprint density at radius 3 is 2.94 bits per heavy atom. The van der Waals surface area contributed by atoms with Crippen LogP contribution in [-0.4, -0.2) is 15.1 Å². The predicted molar refractivity (Wildman–Crippen MR) is 68.8 cm³/mol. The van der Waals surface area contributed by atoms with Gasteiger partial charge < -0.3 is 10.1 Å². The number of hydrogen-bond donors (Lipinski definition) is 2. The summed E-state index contributed by atoms with van der Waals surface area (Å²) in [5.74, 6) is 1.07. The summed E-state index contributed by atoms with van der Waals surface area (Å²) in [5, 5.41) is 11.4. The summed E-state index contributed by atoms with van der Waals surface area (Å²) >= 11 is 5.04. The molecule has 2 heterocycles. The number of thiophene rings is 1. The number of aromatic hydroxyl groups is 1. The molecule has 0 aliphatic rings. The normalized spacial score (nSPS) is 11.1. The van der Waals surface area contributed by atoms with Gasteiger partial charge >= 0.3 is 0 Å². The molecule has 3 nitrogen and oxygen atoms in total. The molecule has 2 aromatic heterocycles. The van der Waals surface area contributed by atoms with Crippen LogP contribution in [0.1, 0.15) is 0 Å². The van der Waals surface area contributed by atoms with Crippen LogP contribution in [-0.2, 0) is 0 Å². The van der Waals surface area contributed by atoms with Crippen molar-refractivity contribution in [2.75, 3.05) is 0 Å². The van der Waals surface area contributed by atoms with Crippen LogP contribution in [0.25, 0.3) is 22.4 Å². The first kappa shape index (κ1) is 9.86. The van der Waals surface area contributed by atoms with E-state index >= 15 is 0 Å². The van der Waals surface area contributed by atoms with Gasteiger partial charge in [0, 0.05) is 17.0 Å². The zero-order chi connectivity index (χ0) is 11.1. The van der Waals surface area contributed by atoms with Gasteiger partial charge in [0.2, 0.25) is 0 Å². The van der Waals surface area contributed by atoms with Gasteiger partial charge in [-0.3, -0.25) is 0 Å². The Balaban J connectivity index is 2.18. The van der Waals surface area contributed by atoms with E-state index in [-0.39, 0.29) is 5.75 Å². The minimum Gasteiger partial charge on any atom is -0.508 e. The number of phenolic OH excluding ortho intramolecular Hbond substituents is 1. The van der Waals surface area contributed by atoms with Crippen molar-refractivity contribution >= 4 is 38.3 Å². The highest BCUT2D eigenvalue weighted by Gasteiger charge is 2.07. The predicted octanol–water partition coefficient (Wildman–Crippen LogP) is 3.76. The second-order valence-corrected chi connectivity index (χ2v) is 5.72. The van der Waals surface area contributed by atoms with E-state index in [1.54, 1.807) is 29.5 Å². The lowest BCUT2D eigenvalue weighted by molar-refractivity contribution is 0.476.